The van der Waals surface area contributed by atoms with Gasteiger partial charge in [0, 0.05) is 17.1 Å². The van der Waals surface area contributed by atoms with Crippen LogP contribution in [0.3, 0.4) is 0 Å². The van der Waals surface area contributed by atoms with E-state index in [-0.39, 0.29) is 17.5 Å². The van der Waals surface area contributed by atoms with Crippen molar-refractivity contribution in [3.05, 3.63) is 28.6 Å². The van der Waals surface area contributed by atoms with Crippen LogP contribution in [-0.2, 0) is 16.4 Å². The predicted octanol–water partition coefficient (Wildman–Crippen LogP) is 2.60. The molecule has 22 heavy (non-hydrogen) atoms. The summed E-state index contributed by atoms with van der Waals surface area (Å²) in [7, 11) is -2.89. The van der Waals surface area contributed by atoms with Crippen LogP contribution in [0.15, 0.2) is 27.1 Å². The summed E-state index contributed by atoms with van der Waals surface area (Å²) in [5, 5.41) is 0. The van der Waals surface area contributed by atoms with E-state index in [1.165, 1.54) is 0 Å². The van der Waals surface area contributed by atoms with Crippen molar-refractivity contribution >= 4 is 36.9 Å². The standard InChI is InChI=1S/C15H17BrN2O3S/c16-11-3-4-14-12(7-11)17-15(21-14)8-18-5-6-22(19,20)9-13(18)10-1-2-10/h3-4,7,10,13H,1-2,5-6,8-9H2. The fraction of sp³-hybridized carbons (Fsp3) is 0.533. The highest BCUT2D eigenvalue weighted by molar-refractivity contribution is 9.10. The number of halogens is 1. The van der Waals surface area contributed by atoms with Gasteiger partial charge in [0.2, 0.25) is 5.89 Å². The number of hydrogen-bond acceptors (Lipinski definition) is 5. The van der Waals surface area contributed by atoms with Crippen LogP contribution in [0, 0.1) is 5.92 Å². The van der Waals surface area contributed by atoms with Gasteiger partial charge in [-0.1, -0.05) is 15.9 Å². The van der Waals surface area contributed by atoms with E-state index in [1.807, 2.05) is 18.2 Å². The Labute approximate surface area is 137 Å². The molecule has 1 saturated heterocycles. The zero-order chi connectivity index (χ0) is 15.3. The molecular weight excluding hydrogens is 368 g/mol. The summed E-state index contributed by atoms with van der Waals surface area (Å²) < 4.78 is 30.6. The lowest BCUT2D eigenvalue weighted by molar-refractivity contribution is 0.170. The molecule has 0 amide bonds. The summed E-state index contributed by atoms with van der Waals surface area (Å²) >= 11 is 3.43. The highest BCUT2D eigenvalue weighted by Crippen LogP contribution is 2.38. The number of sulfone groups is 1. The summed E-state index contributed by atoms with van der Waals surface area (Å²) in [4.78, 5) is 6.77. The van der Waals surface area contributed by atoms with E-state index in [4.69, 9.17) is 4.42 Å². The van der Waals surface area contributed by atoms with Crippen LogP contribution in [0.25, 0.3) is 11.1 Å². The fourth-order valence-corrected chi connectivity index (χ4v) is 5.20. The average molecular weight is 385 g/mol. The third kappa shape index (κ3) is 2.94. The molecule has 1 aliphatic carbocycles. The molecule has 2 aromatic rings. The first-order valence-electron chi connectivity index (χ1n) is 7.50. The molecule has 0 N–H and O–H groups in total. The van der Waals surface area contributed by atoms with Crippen molar-refractivity contribution in [1.82, 2.24) is 9.88 Å². The Kier molecular flexibility index (Phi) is 3.54. The fourth-order valence-electron chi connectivity index (χ4n) is 3.17. The molecule has 2 aliphatic rings. The quantitative estimate of drug-likeness (QED) is 0.813. The highest BCUT2D eigenvalue weighted by atomic mass is 79.9. The second kappa shape index (κ2) is 5.32. The molecular formula is C15H17BrN2O3S. The van der Waals surface area contributed by atoms with E-state index in [1.54, 1.807) is 0 Å². The van der Waals surface area contributed by atoms with Crippen molar-refractivity contribution in [2.45, 2.75) is 25.4 Å². The maximum atomic E-state index is 11.9. The van der Waals surface area contributed by atoms with Gasteiger partial charge in [-0.05, 0) is 37.0 Å². The average Bonchev–Trinajstić information content (AvgIpc) is 3.22. The topological polar surface area (TPSA) is 63.4 Å². The zero-order valence-corrected chi connectivity index (χ0v) is 14.4. The largest absolute Gasteiger partial charge is 0.439 e. The molecule has 1 aromatic carbocycles. The Morgan fingerprint density at radius 3 is 2.95 bits per heavy atom. The molecule has 118 valence electrons. The minimum absolute atomic E-state index is 0.125. The van der Waals surface area contributed by atoms with Crippen molar-refractivity contribution in [2.24, 2.45) is 5.92 Å². The van der Waals surface area contributed by atoms with Crippen molar-refractivity contribution < 1.29 is 12.8 Å². The Morgan fingerprint density at radius 1 is 1.36 bits per heavy atom. The molecule has 5 nitrogen and oxygen atoms in total. The van der Waals surface area contributed by atoms with Gasteiger partial charge in [-0.2, -0.15) is 0 Å². The van der Waals surface area contributed by atoms with E-state index in [2.05, 4.69) is 25.8 Å². The minimum atomic E-state index is -2.89. The van der Waals surface area contributed by atoms with Crippen LogP contribution in [0.1, 0.15) is 18.7 Å². The first-order valence-corrected chi connectivity index (χ1v) is 10.1. The number of rotatable bonds is 3. The maximum absolute atomic E-state index is 11.9. The van der Waals surface area contributed by atoms with Crippen LogP contribution in [0.2, 0.25) is 0 Å². The van der Waals surface area contributed by atoms with E-state index in [9.17, 15) is 8.42 Å². The van der Waals surface area contributed by atoms with Gasteiger partial charge >= 0.3 is 0 Å². The van der Waals surface area contributed by atoms with Gasteiger partial charge in [0.1, 0.15) is 5.52 Å². The molecule has 0 radical (unpaired) electrons. The van der Waals surface area contributed by atoms with Gasteiger partial charge in [-0.15, -0.1) is 0 Å². The van der Waals surface area contributed by atoms with E-state index >= 15 is 0 Å². The number of hydrogen-bond donors (Lipinski definition) is 0. The minimum Gasteiger partial charge on any atom is -0.439 e. The van der Waals surface area contributed by atoms with Gasteiger partial charge in [-0.25, -0.2) is 13.4 Å². The maximum Gasteiger partial charge on any atom is 0.209 e. The summed E-state index contributed by atoms with van der Waals surface area (Å²) in [5.41, 5.74) is 1.60. The van der Waals surface area contributed by atoms with Gasteiger partial charge in [0.25, 0.3) is 0 Å². The van der Waals surface area contributed by atoms with Crippen LogP contribution in [0.4, 0.5) is 0 Å². The van der Waals surface area contributed by atoms with Crippen molar-refractivity contribution in [1.29, 1.82) is 0 Å². The van der Waals surface area contributed by atoms with E-state index < -0.39 is 9.84 Å². The summed E-state index contributed by atoms with van der Waals surface area (Å²) in [6.45, 7) is 1.16. The molecule has 7 heteroatoms. The third-order valence-electron chi connectivity index (χ3n) is 4.48. The Hall–Kier alpha value is -0.920. The Morgan fingerprint density at radius 2 is 2.18 bits per heavy atom. The van der Waals surface area contributed by atoms with Crippen LogP contribution in [-0.4, -0.2) is 42.4 Å². The second-order valence-corrected chi connectivity index (χ2v) is 9.35. The number of aromatic nitrogens is 1. The highest BCUT2D eigenvalue weighted by Gasteiger charge is 2.41. The molecule has 1 saturated carbocycles. The first-order chi connectivity index (χ1) is 10.5. The lowest BCUT2D eigenvalue weighted by Crippen LogP contribution is -2.49. The molecule has 2 heterocycles. The van der Waals surface area contributed by atoms with Crippen LogP contribution < -0.4 is 0 Å². The molecule has 1 aromatic heterocycles. The van der Waals surface area contributed by atoms with Crippen molar-refractivity contribution in [2.75, 3.05) is 18.1 Å². The lowest BCUT2D eigenvalue weighted by atomic mass is 10.2. The van der Waals surface area contributed by atoms with Gasteiger partial charge in [0.15, 0.2) is 15.4 Å². The molecule has 0 bridgehead atoms. The van der Waals surface area contributed by atoms with Crippen LogP contribution >= 0.6 is 15.9 Å². The number of benzene rings is 1. The number of oxazole rings is 1. The molecule has 0 spiro atoms. The third-order valence-corrected chi connectivity index (χ3v) is 6.63. The van der Waals surface area contributed by atoms with Crippen molar-refractivity contribution in [3.8, 4) is 0 Å². The Balaban J connectivity index is 1.57. The first kappa shape index (κ1) is 14.7. The number of fused-ring (bicyclic) bond motifs is 1. The van der Waals surface area contributed by atoms with Gasteiger partial charge < -0.3 is 4.42 Å². The monoisotopic (exact) mass is 384 g/mol. The number of nitrogens with zero attached hydrogens (tertiary/aromatic N) is 2. The molecule has 1 unspecified atom stereocenters. The summed E-state index contributed by atoms with van der Waals surface area (Å²) in [6.07, 6.45) is 2.27. The second-order valence-electron chi connectivity index (χ2n) is 6.21. The van der Waals surface area contributed by atoms with Gasteiger partial charge in [-0.3, -0.25) is 4.90 Å². The normalized spacial score (nSPS) is 25.6. The molecule has 1 aliphatic heterocycles. The van der Waals surface area contributed by atoms with Gasteiger partial charge in [0.05, 0.1) is 18.1 Å². The van der Waals surface area contributed by atoms with E-state index in [0.717, 1.165) is 28.4 Å². The lowest BCUT2D eigenvalue weighted by Gasteiger charge is -2.34. The van der Waals surface area contributed by atoms with E-state index in [0.29, 0.717) is 24.9 Å². The van der Waals surface area contributed by atoms with Crippen LogP contribution in [0.5, 0.6) is 0 Å². The Bertz CT molecular complexity index is 813. The molecule has 1 atom stereocenters. The summed E-state index contributed by atoms with van der Waals surface area (Å²) in [6, 6.07) is 5.88. The smallest absolute Gasteiger partial charge is 0.209 e. The van der Waals surface area contributed by atoms with Crippen molar-refractivity contribution in [3.63, 3.8) is 0 Å². The SMILES string of the molecule is O=S1(=O)CCN(Cc2nc3cc(Br)ccc3o2)C(C2CC2)C1. The predicted molar refractivity (Wildman–Crippen MR) is 87.3 cm³/mol. The summed E-state index contributed by atoms with van der Waals surface area (Å²) in [5.74, 6) is 1.71. The molecule has 4 rings (SSSR count). The molecule has 2 fully saturated rings. The zero-order valence-electron chi connectivity index (χ0n) is 12.0.